The third kappa shape index (κ3) is 1.06. The van der Waals surface area contributed by atoms with Crippen LogP contribution in [0.2, 0.25) is 0 Å². The van der Waals surface area contributed by atoms with Gasteiger partial charge in [0.2, 0.25) is 0 Å². The number of halogens is 2. The number of alkyl halides is 2. The van der Waals surface area contributed by atoms with Gasteiger partial charge in [-0.05, 0) is 31.6 Å². The zero-order valence-electron chi connectivity index (χ0n) is 7.02. The topological polar surface area (TPSA) is 20.2 Å². The molecule has 1 spiro atoms. The van der Waals surface area contributed by atoms with Gasteiger partial charge in [-0.25, -0.2) is 8.78 Å². The predicted octanol–water partition coefficient (Wildman–Crippen LogP) is 2.19. The molecule has 0 radical (unpaired) electrons. The first kappa shape index (κ1) is 8.42. The highest BCUT2D eigenvalue weighted by Gasteiger charge is 2.70. The molecule has 2 fully saturated rings. The van der Waals surface area contributed by atoms with E-state index in [0.29, 0.717) is 12.8 Å². The fraction of sp³-hybridized carbons (Fsp3) is 1.00. The van der Waals surface area contributed by atoms with Gasteiger partial charge in [-0.3, -0.25) is 0 Å². The van der Waals surface area contributed by atoms with Crippen molar-refractivity contribution in [3.05, 3.63) is 0 Å². The Kier molecular flexibility index (Phi) is 1.69. The van der Waals surface area contributed by atoms with Gasteiger partial charge in [-0.15, -0.1) is 0 Å². The first-order chi connectivity index (χ1) is 5.60. The number of aliphatic hydroxyl groups excluding tert-OH is 1. The molecule has 12 heavy (non-hydrogen) atoms. The molecule has 0 heterocycles. The number of rotatable bonds is 1. The molecular weight excluding hydrogens is 162 g/mol. The van der Waals surface area contributed by atoms with Crippen molar-refractivity contribution >= 4 is 0 Å². The van der Waals surface area contributed by atoms with E-state index >= 15 is 0 Å². The SMILES string of the molecule is OCC1CCC2(CC1)CC2(F)F. The molecule has 0 aromatic carbocycles. The van der Waals surface area contributed by atoms with Gasteiger partial charge in [0.1, 0.15) is 0 Å². The zero-order valence-corrected chi connectivity index (χ0v) is 7.02. The van der Waals surface area contributed by atoms with Crippen LogP contribution in [0.15, 0.2) is 0 Å². The van der Waals surface area contributed by atoms with Crippen LogP contribution in [0.25, 0.3) is 0 Å². The number of aliphatic hydroxyl groups is 1. The molecule has 1 nitrogen and oxygen atoms in total. The van der Waals surface area contributed by atoms with Gasteiger partial charge in [-0.1, -0.05) is 0 Å². The number of hydrogen-bond donors (Lipinski definition) is 1. The molecule has 2 aliphatic rings. The zero-order chi connectivity index (χ0) is 8.82. The minimum absolute atomic E-state index is 0.0954. The maximum Gasteiger partial charge on any atom is 0.254 e. The summed E-state index contributed by atoms with van der Waals surface area (Å²) in [6.45, 7) is 0.168. The van der Waals surface area contributed by atoms with E-state index in [-0.39, 0.29) is 18.9 Å². The van der Waals surface area contributed by atoms with Crippen molar-refractivity contribution in [2.45, 2.75) is 38.0 Å². The van der Waals surface area contributed by atoms with Crippen LogP contribution in [0.1, 0.15) is 32.1 Å². The lowest BCUT2D eigenvalue weighted by Crippen LogP contribution is -2.22. The lowest BCUT2D eigenvalue weighted by Gasteiger charge is -2.27. The molecule has 2 saturated carbocycles. The maximum absolute atomic E-state index is 12.8. The van der Waals surface area contributed by atoms with Crippen molar-refractivity contribution in [1.82, 2.24) is 0 Å². The van der Waals surface area contributed by atoms with Crippen molar-refractivity contribution in [3.8, 4) is 0 Å². The van der Waals surface area contributed by atoms with Gasteiger partial charge in [0.05, 0.1) is 0 Å². The van der Waals surface area contributed by atoms with Gasteiger partial charge in [0, 0.05) is 18.4 Å². The van der Waals surface area contributed by atoms with Gasteiger partial charge in [-0.2, -0.15) is 0 Å². The average Bonchev–Trinajstić information content (AvgIpc) is 2.55. The normalized spacial score (nSPS) is 44.8. The molecule has 2 aliphatic carbocycles. The van der Waals surface area contributed by atoms with E-state index in [4.69, 9.17) is 5.11 Å². The van der Waals surface area contributed by atoms with E-state index in [1.165, 1.54) is 0 Å². The van der Waals surface area contributed by atoms with Crippen LogP contribution in [0.3, 0.4) is 0 Å². The second kappa shape index (κ2) is 2.41. The van der Waals surface area contributed by atoms with E-state index in [9.17, 15) is 8.78 Å². The smallest absolute Gasteiger partial charge is 0.254 e. The van der Waals surface area contributed by atoms with Crippen molar-refractivity contribution in [1.29, 1.82) is 0 Å². The fourth-order valence-electron chi connectivity index (χ4n) is 2.34. The third-order valence-electron chi connectivity index (χ3n) is 3.53. The second-order valence-corrected chi connectivity index (χ2v) is 4.29. The van der Waals surface area contributed by atoms with Crippen molar-refractivity contribution in [2.75, 3.05) is 6.61 Å². The van der Waals surface area contributed by atoms with E-state index < -0.39 is 11.3 Å². The van der Waals surface area contributed by atoms with Crippen molar-refractivity contribution < 1.29 is 13.9 Å². The Morgan fingerprint density at radius 2 is 1.75 bits per heavy atom. The quantitative estimate of drug-likeness (QED) is 0.649. The standard InChI is InChI=1S/C9H14F2O/c10-9(11)6-8(9)3-1-7(5-12)2-4-8/h7,12H,1-6H2. The Bertz CT molecular complexity index is 183. The summed E-state index contributed by atoms with van der Waals surface area (Å²) in [5.41, 5.74) is -0.640. The summed E-state index contributed by atoms with van der Waals surface area (Å²) in [6, 6.07) is 0. The maximum atomic E-state index is 12.8. The largest absolute Gasteiger partial charge is 0.396 e. The van der Waals surface area contributed by atoms with E-state index in [2.05, 4.69) is 0 Å². The predicted molar refractivity (Wildman–Crippen MR) is 41.0 cm³/mol. The summed E-state index contributed by atoms with van der Waals surface area (Å²) in [5.74, 6) is -2.10. The monoisotopic (exact) mass is 176 g/mol. The van der Waals surface area contributed by atoms with Crippen LogP contribution in [0.5, 0.6) is 0 Å². The Balaban J connectivity index is 1.92. The van der Waals surface area contributed by atoms with Crippen LogP contribution in [-0.2, 0) is 0 Å². The van der Waals surface area contributed by atoms with Gasteiger partial charge in [0.15, 0.2) is 0 Å². The highest BCUT2D eigenvalue weighted by Crippen LogP contribution is 2.67. The fourth-order valence-corrected chi connectivity index (χ4v) is 2.34. The van der Waals surface area contributed by atoms with Crippen molar-refractivity contribution in [2.24, 2.45) is 11.3 Å². The summed E-state index contributed by atoms with van der Waals surface area (Å²) in [5, 5.41) is 8.82. The van der Waals surface area contributed by atoms with Crippen LogP contribution >= 0.6 is 0 Å². The molecule has 0 saturated heterocycles. The Morgan fingerprint density at radius 1 is 1.25 bits per heavy atom. The van der Waals surface area contributed by atoms with Crippen LogP contribution in [0.4, 0.5) is 8.78 Å². The molecule has 0 aromatic heterocycles. The van der Waals surface area contributed by atoms with Gasteiger partial charge < -0.3 is 5.11 Å². The van der Waals surface area contributed by atoms with E-state index in [0.717, 1.165) is 12.8 Å². The Morgan fingerprint density at radius 3 is 2.08 bits per heavy atom. The van der Waals surface area contributed by atoms with Gasteiger partial charge in [0.25, 0.3) is 5.92 Å². The summed E-state index contributed by atoms with van der Waals surface area (Å²) in [4.78, 5) is 0. The number of hydrogen-bond acceptors (Lipinski definition) is 1. The summed E-state index contributed by atoms with van der Waals surface area (Å²) in [7, 11) is 0. The molecule has 0 atom stereocenters. The van der Waals surface area contributed by atoms with Crippen LogP contribution in [0, 0.1) is 11.3 Å². The third-order valence-corrected chi connectivity index (χ3v) is 3.53. The Hall–Kier alpha value is -0.180. The van der Waals surface area contributed by atoms with Gasteiger partial charge >= 0.3 is 0 Å². The summed E-state index contributed by atoms with van der Waals surface area (Å²) in [6.07, 6.45) is 2.90. The molecule has 3 heteroatoms. The van der Waals surface area contributed by atoms with E-state index in [1.807, 2.05) is 0 Å². The molecular formula is C9H14F2O. The van der Waals surface area contributed by atoms with E-state index in [1.54, 1.807) is 0 Å². The molecule has 2 rings (SSSR count). The lowest BCUT2D eigenvalue weighted by molar-refractivity contribution is 0.0344. The molecule has 0 bridgehead atoms. The Labute approximate surface area is 70.8 Å². The first-order valence-corrected chi connectivity index (χ1v) is 4.58. The molecule has 1 N–H and O–H groups in total. The van der Waals surface area contributed by atoms with Crippen molar-refractivity contribution in [3.63, 3.8) is 0 Å². The molecule has 70 valence electrons. The highest BCUT2D eigenvalue weighted by atomic mass is 19.3. The summed E-state index contributed by atoms with van der Waals surface area (Å²) < 4.78 is 25.7. The van der Waals surface area contributed by atoms with Crippen LogP contribution in [-0.4, -0.2) is 17.6 Å². The lowest BCUT2D eigenvalue weighted by atomic mass is 9.80. The second-order valence-electron chi connectivity index (χ2n) is 4.29. The highest BCUT2D eigenvalue weighted by molar-refractivity contribution is 5.11. The average molecular weight is 176 g/mol. The van der Waals surface area contributed by atoms with Crippen LogP contribution < -0.4 is 0 Å². The molecule has 0 amide bonds. The first-order valence-electron chi connectivity index (χ1n) is 4.58. The molecule has 0 aromatic rings. The summed E-state index contributed by atoms with van der Waals surface area (Å²) >= 11 is 0. The molecule has 0 aliphatic heterocycles. The molecule has 0 unspecified atom stereocenters. The minimum atomic E-state index is -2.38. The minimum Gasteiger partial charge on any atom is -0.396 e.